The van der Waals surface area contributed by atoms with Crippen LogP contribution in [0.3, 0.4) is 0 Å². The zero-order valence-corrected chi connectivity index (χ0v) is 19.3. The van der Waals surface area contributed by atoms with Crippen LogP contribution in [0, 0.1) is 12.8 Å². The topological polar surface area (TPSA) is 91.7 Å². The lowest BCUT2D eigenvalue weighted by molar-refractivity contribution is -0.124. The fourth-order valence-electron chi connectivity index (χ4n) is 3.06. The predicted octanol–water partition coefficient (Wildman–Crippen LogP) is 3.83. The van der Waals surface area contributed by atoms with Crippen LogP contribution in [0.1, 0.15) is 42.4 Å². The van der Waals surface area contributed by atoms with Gasteiger partial charge in [0.15, 0.2) is 5.84 Å². The lowest BCUT2D eigenvalue weighted by atomic mass is 9.89. The molecule has 1 aromatic carbocycles. The van der Waals surface area contributed by atoms with Gasteiger partial charge in [0, 0.05) is 18.9 Å². The van der Waals surface area contributed by atoms with Gasteiger partial charge in [-0.15, -0.1) is 0 Å². The number of aliphatic imine (C=N–C) groups is 1. The molecule has 162 valence electrons. The Morgan fingerprint density at radius 2 is 1.84 bits per heavy atom. The zero-order chi connectivity index (χ0) is 23.1. The van der Waals surface area contributed by atoms with E-state index in [1.807, 2.05) is 13.8 Å². The number of Topliss-reactive ketones (excluding diaryl/α,β-unsaturated/α-hetero) is 1. The normalized spacial score (nSPS) is 18.1. The second-order valence-electron chi connectivity index (χ2n) is 7.92. The number of hydrogen-bond acceptors (Lipinski definition) is 5. The number of benzene rings is 1. The third-order valence-electron chi connectivity index (χ3n) is 5.44. The standard InChI is InChI=1S/C22H22Cl2N4O3/c1-11(2)22(4)21(31)26-19(27-22)17-14(8-12(3)10-25-17)18(29)20(30)28(5)13-6-7-15(23)16(24)9-13/h6-11H,1-5H3,(H,26,27,31). The van der Waals surface area contributed by atoms with E-state index >= 15 is 0 Å². The van der Waals surface area contributed by atoms with Gasteiger partial charge in [-0.05, 0) is 49.6 Å². The molecule has 1 aliphatic rings. The molecule has 0 fully saturated rings. The van der Waals surface area contributed by atoms with Crippen molar-refractivity contribution in [3.05, 3.63) is 57.3 Å². The number of rotatable bonds is 5. The molecule has 2 aromatic rings. The van der Waals surface area contributed by atoms with Gasteiger partial charge in [0.25, 0.3) is 17.6 Å². The number of anilines is 1. The average molecular weight is 461 g/mol. The Kier molecular flexibility index (Phi) is 6.21. The van der Waals surface area contributed by atoms with Crippen LogP contribution < -0.4 is 10.2 Å². The molecule has 1 unspecified atom stereocenters. The highest BCUT2D eigenvalue weighted by Gasteiger charge is 2.43. The van der Waals surface area contributed by atoms with Crippen LogP contribution in [0.5, 0.6) is 0 Å². The highest BCUT2D eigenvalue weighted by molar-refractivity contribution is 6.48. The van der Waals surface area contributed by atoms with E-state index in [-0.39, 0.29) is 33.9 Å². The fourth-order valence-corrected chi connectivity index (χ4v) is 3.35. The number of likely N-dealkylation sites (N-methyl/N-ethyl adjacent to an activating group) is 1. The van der Waals surface area contributed by atoms with E-state index in [4.69, 9.17) is 23.2 Å². The number of hydrogen-bond donors (Lipinski definition) is 1. The van der Waals surface area contributed by atoms with E-state index < -0.39 is 17.2 Å². The third-order valence-corrected chi connectivity index (χ3v) is 6.18. The van der Waals surface area contributed by atoms with Crippen LogP contribution in [-0.2, 0) is 9.59 Å². The van der Waals surface area contributed by atoms with E-state index in [0.29, 0.717) is 16.3 Å². The molecular weight excluding hydrogens is 439 g/mol. The summed E-state index contributed by atoms with van der Waals surface area (Å²) in [5, 5.41) is 3.31. The van der Waals surface area contributed by atoms with Crippen molar-refractivity contribution in [1.82, 2.24) is 10.3 Å². The summed E-state index contributed by atoms with van der Waals surface area (Å²) < 4.78 is 0. The van der Waals surface area contributed by atoms with Gasteiger partial charge in [0.1, 0.15) is 11.2 Å². The summed E-state index contributed by atoms with van der Waals surface area (Å²) in [6, 6.07) is 6.19. The van der Waals surface area contributed by atoms with Crippen LogP contribution in [0.2, 0.25) is 10.0 Å². The van der Waals surface area contributed by atoms with Crippen molar-refractivity contribution < 1.29 is 14.4 Å². The van der Waals surface area contributed by atoms with Crippen molar-refractivity contribution in [1.29, 1.82) is 0 Å². The van der Waals surface area contributed by atoms with Crippen LogP contribution >= 0.6 is 23.2 Å². The Morgan fingerprint density at radius 1 is 1.16 bits per heavy atom. The molecule has 9 heteroatoms. The number of nitrogens with zero attached hydrogens (tertiary/aromatic N) is 3. The number of aromatic nitrogens is 1. The molecule has 0 spiro atoms. The Morgan fingerprint density at radius 3 is 2.42 bits per heavy atom. The predicted molar refractivity (Wildman–Crippen MR) is 121 cm³/mol. The fraction of sp³-hybridized carbons (Fsp3) is 0.318. The summed E-state index contributed by atoms with van der Waals surface area (Å²) in [4.78, 5) is 48.6. The van der Waals surface area contributed by atoms with Gasteiger partial charge in [0.05, 0.1) is 15.6 Å². The Balaban J connectivity index is 2.00. The molecular formula is C22H22Cl2N4O3. The van der Waals surface area contributed by atoms with Crippen molar-refractivity contribution in [2.45, 2.75) is 33.2 Å². The molecule has 1 aliphatic heterocycles. The first kappa shape index (κ1) is 22.9. The van der Waals surface area contributed by atoms with E-state index in [1.54, 1.807) is 38.2 Å². The summed E-state index contributed by atoms with van der Waals surface area (Å²) in [5.41, 5.74) is 0.332. The van der Waals surface area contributed by atoms with Gasteiger partial charge >= 0.3 is 0 Å². The Bertz CT molecular complexity index is 1130. The summed E-state index contributed by atoms with van der Waals surface area (Å²) in [5.74, 6) is -1.75. The second-order valence-corrected chi connectivity index (χ2v) is 8.73. The first-order chi connectivity index (χ1) is 14.5. The van der Waals surface area contributed by atoms with Crippen molar-refractivity contribution in [3.63, 3.8) is 0 Å². The molecule has 0 radical (unpaired) electrons. The monoisotopic (exact) mass is 460 g/mol. The summed E-state index contributed by atoms with van der Waals surface area (Å²) >= 11 is 12.0. The number of halogens is 2. The number of aryl methyl sites for hydroxylation is 1. The van der Waals surface area contributed by atoms with Gasteiger partial charge in [-0.25, -0.2) is 4.99 Å². The van der Waals surface area contributed by atoms with Crippen molar-refractivity contribution in [2.24, 2.45) is 10.9 Å². The van der Waals surface area contributed by atoms with Gasteiger partial charge in [-0.2, -0.15) is 0 Å². The Labute approximate surface area is 190 Å². The van der Waals surface area contributed by atoms with Gasteiger partial charge in [0.2, 0.25) is 0 Å². The van der Waals surface area contributed by atoms with Gasteiger partial charge < -0.3 is 10.2 Å². The maximum atomic E-state index is 13.2. The Hall–Kier alpha value is -2.77. The first-order valence-corrected chi connectivity index (χ1v) is 10.4. The van der Waals surface area contributed by atoms with Gasteiger partial charge in [-0.3, -0.25) is 19.4 Å². The maximum Gasteiger partial charge on any atom is 0.299 e. The molecule has 0 saturated carbocycles. The number of pyridine rings is 1. The van der Waals surface area contributed by atoms with Crippen molar-refractivity contribution >= 4 is 52.3 Å². The molecule has 2 amide bonds. The van der Waals surface area contributed by atoms with E-state index in [0.717, 1.165) is 0 Å². The van der Waals surface area contributed by atoms with Gasteiger partial charge in [-0.1, -0.05) is 37.0 Å². The SMILES string of the molecule is Cc1cnc(C2=NC(C)(C(C)C)C(=O)N2)c(C(=O)C(=O)N(C)c2ccc(Cl)c(Cl)c2)c1. The molecule has 1 atom stereocenters. The van der Waals surface area contributed by atoms with E-state index in [2.05, 4.69) is 15.3 Å². The number of amides is 2. The minimum Gasteiger partial charge on any atom is -0.309 e. The van der Waals surface area contributed by atoms with Crippen LogP contribution in [0.4, 0.5) is 5.69 Å². The third kappa shape index (κ3) is 4.20. The summed E-state index contributed by atoms with van der Waals surface area (Å²) in [6.07, 6.45) is 1.55. The number of nitrogens with one attached hydrogen (secondary N) is 1. The minimum absolute atomic E-state index is 0.0592. The lowest BCUT2D eigenvalue weighted by Gasteiger charge is -2.21. The minimum atomic E-state index is -0.983. The van der Waals surface area contributed by atoms with Crippen molar-refractivity contribution in [2.75, 3.05) is 11.9 Å². The highest BCUT2D eigenvalue weighted by Crippen LogP contribution is 2.29. The van der Waals surface area contributed by atoms with Crippen molar-refractivity contribution in [3.8, 4) is 0 Å². The molecule has 0 aliphatic carbocycles. The summed E-state index contributed by atoms with van der Waals surface area (Å²) in [7, 11) is 1.47. The van der Waals surface area contributed by atoms with Crippen LogP contribution in [0.15, 0.2) is 35.5 Å². The number of ketones is 1. The smallest absolute Gasteiger partial charge is 0.299 e. The largest absolute Gasteiger partial charge is 0.309 e. The molecule has 0 bridgehead atoms. The lowest BCUT2D eigenvalue weighted by Crippen LogP contribution is -2.41. The quantitative estimate of drug-likeness (QED) is 0.541. The zero-order valence-electron chi connectivity index (χ0n) is 17.8. The molecule has 1 aromatic heterocycles. The molecule has 7 nitrogen and oxygen atoms in total. The number of amidine groups is 1. The van der Waals surface area contributed by atoms with E-state index in [1.165, 1.54) is 18.0 Å². The molecule has 3 rings (SSSR count). The molecule has 31 heavy (non-hydrogen) atoms. The summed E-state index contributed by atoms with van der Waals surface area (Å²) in [6.45, 7) is 7.25. The number of carbonyl (C=O) groups excluding carboxylic acids is 3. The maximum absolute atomic E-state index is 13.2. The van der Waals surface area contributed by atoms with Crippen LogP contribution in [0.25, 0.3) is 0 Å². The van der Waals surface area contributed by atoms with E-state index in [9.17, 15) is 14.4 Å². The van der Waals surface area contributed by atoms with Crippen LogP contribution in [-0.4, -0.2) is 41.0 Å². The first-order valence-electron chi connectivity index (χ1n) is 9.61. The molecule has 0 saturated heterocycles. The average Bonchev–Trinajstić information content (AvgIpc) is 3.04. The number of carbonyl (C=O) groups is 3. The molecule has 2 heterocycles. The molecule has 1 N–H and O–H groups in total. The highest BCUT2D eigenvalue weighted by atomic mass is 35.5. The second kappa shape index (κ2) is 8.40.